The van der Waals surface area contributed by atoms with E-state index in [0.717, 1.165) is 12.1 Å². The zero-order valence-corrected chi connectivity index (χ0v) is 9.66. The van der Waals surface area contributed by atoms with Gasteiger partial charge in [0.2, 0.25) is 5.91 Å². The second kappa shape index (κ2) is 3.86. The summed E-state index contributed by atoms with van der Waals surface area (Å²) in [4.78, 5) is 13.7. The molecule has 2 rings (SSSR count). The number of halogens is 1. The fourth-order valence-corrected chi connectivity index (χ4v) is 2.20. The van der Waals surface area contributed by atoms with Crippen LogP contribution in [0.5, 0.6) is 0 Å². The van der Waals surface area contributed by atoms with Gasteiger partial charge in [-0.15, -0.1) is 11.6 Å². The number of benzene rings is 1. The normalized spacial score (nSPS) is 21.3. The monoisotopic (exact) mass is 223 g/mol. The van der Waals surface area contributed by atoms with Gasteiger partial charge in [-0.3, -0.25) is 4.79 Å². The van der Waals surface area contributed by atoms with E-state index in [1.165, 1.54) is 5.56 Å². The minimum atomic E-state index is -0.460. The molecule has 1 heterocycles. The second-order valence-electron chi connectivity index (χ2n) is 4.01. The van der Waals surface area contributed by atoms with Crippen LogP contribution in [-0.4, -0.2) is 17.3 Å². The summed E-state index contributed by atoms with van der Waals surface area (Å²) >= 11 is 5.85. The van der Waals surface area contributed by atoms with Gasteiger partial charge in [-0.2, -0.15) is 0 Å². The Hall–Kier alpha value is -1.02. The lowest BCUT2D eigenvalue weighted by Crippen LogP contribution is -2.39. The molecule has 1 aromatic carbocycles. The molecular formula is C12H14ClNO. The molecule has 0 aliphatic carbocycles. The predicted molar refractivity (Wildman–Crippen MR) is 62.4 cm³/mol. The van der Waals surface area contributed by atoms with Gasteiger partial charge in [-0.05, 0) is 31.9 Å². The number of carbonyl (C=O) groups is 1. The van der Waals surface area contributed by atoms with E-state index in [1.54, 1.807) is 6.92 Å². The van der Waals surface area contributed by atoms with Crippen molar-refractivity contribution in [2.75, 3.05) is 4.90 Å². The van der Waals surface area contributed by atoms with Crippen LogP contribution < -0.4 is 4.90 Å². The first-order valence-electron chi connectivity index (χ1n) is 5.16. The molecule has 0 saturated heterocycles. The maximum atomic E-state index is 11.9. The van der Waals surface area contributed by atoms with E-state index in [0.29, 0.717) is 0 Å². The highest BCUT2D eigenvalue weighted by Gasteiger charge is 2.32. The number of amides is 1. The van der Waals surface area contributed by atoms with Crippen LogP contribution in [0.2, 0.25) is 0 Å². The largest absolute Gasteiger partial charge is 0.308 e. The SMILES string of the molecule is C[C@@H](Cl)C(=O)N1c2ccccc2C[C@@H]1C. The number of carbonyl (C=O) groups excluding carboxylic acids is 1. The first-order chi connectivity index (χ1) is 7.11. The van der Waals surface area contributed by atoms with Crippen molar-refractivity contribution < 1.29 is 4.79 Å². The Morgan fingerprint density at radius 2 is 2.20 bits per heavy atom. The molecule has 0 aromatic heterocycles. The molecule has 0 fully saturated rings. The van der Waals surface area contributed by atoms with E-state index in [4.69, 9.17) is 11.6 Å². The van der Waals surface area contributed by atoms with Crippen molar-refractivity contribution in [3.63, 3.8) is 0 Å². The number of alkyl halides is 1. The summed E-state index contributed by atoms with van der Waals surface area (Å²) in [5, 5.41) is -0.460. The third-order valence-corrected chi connectivity index (χ3v) is 2.97. The zero-order chi connectivity index (χ0) is 11.0. The number of anilines is 1. The van der Waals surface area contributed by atoms with E-state index >= 15 is 0 Å². The van der Waals surface area contributed by atoms with Gasteiger partial charge < -0.3 is 4.90 Å². The van der Waals surface area contributed by atoms with Crippen LogP contribution >= 0.6 is 11.6 Å². The highest BCUT2D eigenvalue weighted by atomic mass is 35.5. The minimum Gasteiger partial charge on any atom is -0.308 e. The molecular weight excluding hydrogens is 210 g/mol. The van der Waals surface area contributed by atoms with Crippen molar-refractivity contribution in [1.82, 2.24) is 0 Å². The Kier molecular flexibility index (Phi) is 2.70. The van der Waals surface area contributed by atoms with Gasteiger partial charge in [0.1, 0.15) is 5.38 Å². The number of hydrogen-bond donors (Lipinski definition) is 0. The van der Waals surface area contributed by atoms with Gasteiger partial charge in [0.25, 0.3) is 0 Å². The Balaban J connectivity index is 2.38. The van der Waals surface area contributed by atoms with Crippen LogP contribution in [0.15, 0.2) is 24.3 Å². The standard InChI is InChI=1S/C12H14ClNO/c1-8-7-10-5-3-4-6-11(10)14(8)12(15)9(2)13/h3-6,8-9H,7H2,1-2H3/t8-,9+/m0/s1. The highest BCUT2D eigenvalue weighted by molar-refractivity contribution is 6.32. The number of nitrogens with zero attached hydrogens (tertiary/aromatic N) is 1. The molecule has 2 nitrogen and oxygen atoms in total. The van der Waals surface area contributed by atoms with Gasteiger partial charge in [0, 0.05) is 11.7 Å². The molecule has 0 unspecified atom stereocenters. The second-order valence-corrected chi connectivity index (χ2v) is 4.66. The van der Waals surface area contributed by atoms with E-state index in [1.807, 2.05) is 23.1 Å². The summed E-state index contributed by atoms with van der Waals surface area (Å²) < 4.78 is 0. The maximum absolute atomic E-state index is 11.9. The van der Waals surface area contributed by atoms with E-state index in [2.05, 4.69) is 13.0 Å². The highest BCUT2D eigenvalue weighted by Crippen LogP contribution is 2.32. The molecule has 1 aliphatic heterocycles. The molecule has 1 aliphatic rings. The number of hydrogen-bond acceptors (Lipinski definition) is 1. The van der Waals surface area contributed by atoms with Crippen molar-refractivity contribution in [1.29, 1.82) is 0 Å². The van der Waals surface area contributed by atoms with E-state index in [9.17, 15) is 4.79 Å². The summed E-state index contributed by atoms with van der Waals surface area (Å²) in [6.45, 7) is 3.77. The Bertz CT molecular complexity index is 389. The van der Waals surface area contributed by atoms with Gasteiger partial charge in [0.15, 0.2) is 0 Å². The van der Waals surface area contributed by atoms with Crippen LogP contribution in [0, 0.1) is 0 Å². The molecule has 1 amide bonds. The smallest absolute Gasteiger partial charge is 0.245 e. The lowest BCUT2D eigenvalue weighted by atomic mass is 10.1. The maximum Gasteiger partial charge on any atom is 0.245 e. The van der Waals surface area contributed by atoms with Crippen LogP contribution in [0.3, 0.4) is 0 Å². The van der Waals surface area contributed by atoms with Crippen LogP contribution in [0.1, 0.15) is 19.4 Å². The molecule has 0 radical (unpaired) electrons. The molecule has 80 valence electrons. The molecule has 3 heteroatoms. The Morgan fingerprint density at radius 3 is 2.87 bits per heavy atom. The number of para-hydroxylation sites is 1. The average molecular weight is 224 g/mol. The Morgan fingerprint density at radius 1 is 1.53 bits per heavy atom. The van der Waals surface area contributed by atoms with Gasteiger partial charge >= 0.3 is 0 Å². The number of rotatable bonds is 1. The summed E-state index contributed by atoms with van der Waals surface area (Å²) in [5.41, 5.74) is 2.25. The van der Waals surface area contributed by atoms with Gasteiger partial charge in [0.05, 0.1) is 0 Å². The molecule has 0 N–H and O–H groups in total. The van der Waals surface area contributed by atoms with E-state index in [-0.39, 0.29) is 11.9 Å². The fraction of sp³-hybridized carbons (Fsp3) is 0.417. The summed E-state index contributed by atoms with van der Waals surface area (Å²) in [6, 6.07) is 8.23. The first kappa shape index (κ1) is 10.5. The first-order valence-corrected chi connectivity index (χ1v) is 5.60. The summed E-state index contributed by atoms with van der Waals surface area (Å²) in [6.07, 6.45) is 0.922. The minimum absolute atomic E-state index is 0.00545. The Labute approximate surface area is 94.8 Å². The third-order valence-electron chi connectivity index (χ3n) is 2.78. The van der Waals surface area contributed by atoms with E-state index < -0.39 is 5.38 Å². The summed E-state index contributed by atoms with van der Waals surface area (Å²) in [7, 11) is 0. The van der Waals surface area contributed by atoms with Crippen LogP contribution in [-0.2, 0) is 11.2 Å². The third kappa shape index (κ3) is 1.74. The topological polar surface area (TPSA) is 20.3 Å². The molecule has 0 spiro atoms. The zero-order valence-electron chi connectivity index (χ0n) is 8.90. The molecule has 2 atom stereocenters. The average Bonchev–Trinajstić information content (AvgIpc) is 2.52. The molecule has 1 aromatic rings. The molecule has 15 heavy (non-hydrogen) atoms. The molecule has 0 bridgehead atoms. The van der Waals surface area contributed by atoms with Gasteiger partial charge in [-0.1, -0.05) is 18.2 Å². The van der Waals surface area contributed by atoms with Crippen LogP contribution in [0.4, 0.5) is 5.69 Å². The lowest BCUT2D eigenvalue weighted by Gasteiger charge is -2.23. The van der Waals surface area contributed by atoms with Gasteiger partial charge in [-0.25, -0.2) is 0 Å². The van der Waals surface area contributed by atoms with Crippen molar-refractivity contribution in [3.8, 4) is 0 Å². The van der Waals surface area contributed by atoms with Crippen molar-refractivity contribution in [2.24, 2.45) is 0 Å². The van der Waals surface area contributed by atoms with Crippen molar-refractivity contribution in [2.45, 2.75) is 31.7 Å². The summed E-state index contributed by atoms with van der Waals surface area (Å²) in [5.74, 6) is -0.00545. The molecule has 0 saturated carbocycles. The number of fused-ring (bicyclic) bond motifs is 1. The van der Waals surface area contributed by atoms with Crippen molar-refractivity contribution in [3.05, 3.63) is 29.8 Å². The van der Waals surface area contributed by atoms with Crippen LogP contribution in [0.25, 0.3) is 0 Å². The van der Waals surface area contributed by atoms with Crippen molar-refractivity contribution >= 4 is 23.2 Å². The quantitative estimate of drug-likeness (QED) is 0.671. The lowest BCUT2D eigenvalue weighted by molar-refractivity contribution is -0.118. The predicted octanol–water partition coefficient (Wildman–Crippen LogP) is 2.59. The fourth-order valence-electron chi connectivity index (χ4n) is 2.09.